The highest BCUT2D eigenvalue weighted by atomic mass is 16.7. The first-order valence-corrected chi connectivity index (χ1v) is 12.9. The van der Waals surface area contributed by atoms with Gasteiger partial charge in [-0.15, -0.1) is 0 Å². The van der Waals surface area contributed by atoms with E-state index in [1.54, 1.807) is 14.0 Å². The number of rotatable bonds is 10. The minimum atomic E-state index is -1.27. The van der Waals surface area contributed by atoms with Crippen LogP contribution in [0.15, 0.2) is 0 Å². The lowest BCUT2D eigenvalue weighted by molar-refractivity contribution is -0.308. The number of aliphatic hydroxyl groups excluding tert-OH is 2. The molecule has 35 heavy (non-hydrogen) atoms. The van der Waals surface area contributed by atoms with E-state index in [4.69, 9.17) is 30.4 Å². The third-order valence-corrected chi connectivity index (χ3v) is 7.33. The molecule has 0 radical (unpaired) electrons. The molecular formula is C23H47N5O7. The standard InChI is InChI=1S/C23H47N5O7/c1-5-27-10-12-7-8-13(24)21(33-12)34-18-14(25)9-15(28-6-2)19(16(18)29)35-22-17(30)20(26-4)23(3,31)11-32-22/h12-22,26-31H,5-11,24-25H2,1-4H3/t12-,13+,14-,15+,16-,17+,18-,19-,20+,21+,22-,23-/m0/s1. The predicted molar refractivity (Wildman–Crippen MR) is 129 cm³/mol. The van der Waals surface area contributed by atoms with Crippen LogP contribution in [-0.4, -0.2) is 121 Å². The van der Waals surface area contributed by atoms with Gasteiger partial charge in [-0.25, -0.2) is 0 Å². The van der Waals surface area contributed by atoms with Crippen molar-refractivity contribution >= 4 is 0 Å². The molecule has 206 valence electrons. The average Bonchev–Trinajstić information content (AvgIpc) is 2.81. The quantitative estimate of drug-likeness (QED) is 0.154. The van der Waals surface area contributed by atoms with Crippen LogP contribution in [0.25, 0.3) is 0 Å². The van der Waals surface area contributed by atoms with E-state index in [9.17, 15) is 15.3 Å². The van der Waals surface area contributed by atoms with Crippen LogP contribution >= 0.6 is 0 Å². The first-order valence-electron chi connectivity index (χ1n) is 12.9. The van der Waals surface area contributed by atoms with Gasteiger partial charge >= 0.3 is 0 Å². The molecule has 3 fully saturated rings. The molecule has 2 saturated heterocycles. The van der Waals surface area contributed by atoms with Crippen LogP contribution in [0.3, 0.4) is 0 Å². The van der Waals surface area contributed by atoms with E-state index in [0.29, 0.717) is 19.5 Å². The second-order valence-electron chi connectivity index (χ2n) is 10.2. The summed E-state index contributed by atoms with van der Waals surface area (Å²) in [5.41, 5.74) is 11.5. The van der Waals surface area contributed by atoms with Gasteiger partial charge in [-0.3, -0.25) is 0 Å². The largest absolute Gasteiger partial charge is 0.388 e. The SMILES string of the molecule is CCNC[C@@H]1CC[C@@H](N)[C@@H](O[C@@H]2[C@H](O)[C@@H](O[C@@H]3OC[C@](C)(O)[C@H](NC)[C@H]3O)[C@H](NCC)C[C@@H]2N)O1. The molecule has 3 aliphatic rings. The molecule has 0 aromatic heterocycles. The van der Waals surface area contributed by atoms with Crippen molar-refractivity contribution < 1.29 is 34.3 Å². The van der Waals surface area contributed by atoms with E-state index >= 15 is 0 Å². The maximum atomic E-state index is 11.4. The highest BCUT2D eigenvalue weighted by Crippen LogP contribution is 2.32. The van der Waals surface area contributed by atoms with Gasteiger partial charge in [0.1, 0.15) is 30.0 Å². The van der Waals surface area contributed by atoms with Gasteiger partial charge in [-0.2, -0.15) is 0 Å². The van der Waals surface area contributed by atoms with Crippen molar-refractivity contribution in [1.29, 1.82) is 0 Å². The van der Waals surface area contributed by atoms with Crippen LogP contribution in [0.4, 0.5) is 0 Å². The van der Waals surface area contributed by atoms with Crippen molar-refractivity contribution in [2.75, 3.05) is 33.3 Å². The molecule has 0 aromatic carbocycles. The van der Waals surface area contributed by atoms with Crippen LogP contribution in [0.5, 0.6) is 0 Å². The lowest BCUT2D eigenvalue weighted by Crippen LogP contribution is -2.69. The lowest BCUT2D eigenvalue weighted by atomic mass is 9.83. The predicted octanol–water partition coefficient (Wildman–Crippen LogP) is -2.68. The van der Waals surface area contributed by atoms with E-state index in [-0.39, 0.29) is 24.8 Å². The van der Waals surface area contributed by atoms with Gasteiger partial charge in [0.05, 0.1) is 24.8 Å². The Morgan fingerprint density at radius 3 is 2.37 bits per heavy atom. The number of aliphatic hydroxyl groups is 3. The summed E-state index contributed by atoms with van der Waals surface area (Å²) in [5.74, 6) is 0. The van der Waals surface area contributed by atoms with Crippen LogP contribution in [0.1, 0.15) is 40.0 Å². The van der Waals surface area contributed by atoms with Crippen LogP contribution < -0.4 is 27.4 Å². The summed E-state index contributed by atoms with van der Waals surface area (Å²) in [6.45, 7) is 7.72. The zero-order chi connectivity index (χ0) is 25.8. The third-order valence-electron chi connectivity index (χ3n) is 7.33. The van der Waals surface area contributed by atoms with Crippen molar-refractivity contribution in [2.45, 2.75) is 113 Å². The summed E-state index contributed by atoms with van der Waals surface area (Å²) in [7, 11) is 1.65. The Hall–Kier alpha value is -0.480. The molecule has 12 atom stereocenters. The van der Waals surface area contributed by atoms with E-state index in [2.05, 4.69) is 16.0 Å². The minimum absolute atomic E-state index is 0.0321. The Balaban J connectivity index is 1.72. The molecule has 0 amide bonds. The fourth-order valence-corrected chi connectivity index (χ4v) is 5.40. The molecule has 2 aliphatic heterocycles. The van der Waals surface area contributed by atoms with Crippen LogP contribution in [-0.2, 0) is 18.9 Å². The van der Waals surface area contributed by atoms with E-state index in [1.165, 1.54) is 0 Å². The summed E-state index contributed by atoms with van der Waals surface area (Å²) < 4.78 is 24.1. The van der Waals surface area contributed by atoms with Gasteiger partial charge < -0.3 is 61.7 Å². The Kier molecular flexibility index (Phi) is 10.7. The van der Waals surface area contributed by atoms with E-state index < -0.39 is 54.7 Å². The number of likely N-dealkylation sites (N-methyl/N-ethyl adjacent to an activating group) is 3. The Bertz CT molecular complexity index is 645. The van der Waals surface area contributed by atoms with Crippen molar-refractivity contribution in [3.05, 3.63) is 0 Å². The number of ether oxygens (including phenoxy) is 4. The molecule has 10 N–H and O–H groups in total. The van der Waals surface area contributed by atoms with Crippen molar-refractivity contribution in [1.82, 2.24) is 16.0 Å². The Morgan fingerprint density at radius 2 is 1.71 bits per heavy atom. The summed E-state index contributed by atoms with van der Waals surface area (Å²) in [5, 5.41) is 42.3. The average molecular weight is 506 g/mol. The normalized spacial score (nSPS) is 47.1. The summed E-state index contributed by atoms with van der Waals surface area (Å²) in [6.07, 6.45) is -3.59. The van der Waals surface area contributed by atoms with Gasteiger partial charge in [-0.1, -0.05) is 13.8 Å². The molecule has 2 heterocycles. The van der Waals surface area contributed by atoms with Gasteiger partial charge in [0.2, 0.25) is 0 Å². The minimum Gasteiger partial charge on any atom is -0.388 e. The van der Waals surface area contributed by atoms with Gasteiger partial charge in [0.25, 0.3) is 0 Å². The first kappa shape index (κ1) is 29.1. The van der Waals surface area contributed by atoms with E-state index in [0.717, 1.165) is 19.4 Å². The number of nitrogens with two attached hydrogens (primary N) is 2. The van der Waals surface area contributed by atoms with Crippen molar-refractivity contribution in [2.24, 2.45) is 11.5 Å². The maximum absolute atomic E-state index is 11.4. The molecule has 0 aromatic rings. The third kappa shape index (κ3) is 6.89. The smallest absolute Gasteiger partial charge is 0.185 e. The van der Waals surface area contributed by atoms with Gasteiger partial charge in [0, 0.05) is 18.6 Å². The molecule has 3 rings (SSSR count). The highest BCUT2D eigenvalue weighted by molar-refractivity contribution is 5.02. The molecule has 0 unspecified atom stereocenters. The topological polar surface area (TPSA) is 186 Å². The highest BCUT2D eigenvalue weighted by Gasteiger charge is 2.51. The molecule has 1 saturated carbocycles. The molecule has 12 nitrogen and oxygen atoms in total. The van der Waals surface area contributed by atoms with Crippen LogP contribution in [0, 0.1) is 0 Å². The van der Waals surface area contributed by atoms with Crippen molar-refractivity contribution in [3.63, 3.8) is 0 Å². The number of nitrogens with one attached hydrogen (secondary N) is 3. The summed E-state index contributed by atoms with van der Waals surface area (Å²) >= 11 is 0. The molecule has 0 bridgehead atoms. The Morgan fingerprint density at radius 1 is 1.00 bits per heavy atom. The molecule has 1 aliphatic carbocycles. The maximum Gasteiger partial charge on any atom is 0.185 e. The van der Waals surface area contributed by atoms with Gasteiger partial charge in [0.15, 0.2) is 12.6 Å². The molecule has 12 heteroatoms. The first-order chi connectivity index (χ1) is 16.6. The summed E-state index contributed by atoms with van der Waals surface area (Å²) in [6, 6.07) is -1.78. The lowest BCUT2D eigenvalue weighted by Gasteiger charge is -2.49. The zero-order valence-corrected chi connectivity index (χ0v) is 21.4. The number of hydrogen-bond acceptors (Lipinski definition) is 12. The fourth-order valence-electron chi connectivity index (χ4n) is 5.40. The number of hydrogen-bond donors (Lipinski definition) is 8. The zero-order valence-electron chi connectivity index (χ0n) is 21.4. The second kappa shape index (κ2) is 12.9. The van der Waals surface area contributed by atoms with Crippen molar-refractivity contribution in [3.8, 4) is 0 Å². The Labute approximate surface area is 208 Å². The molecule has 0 spiro atoms. The second-order valence-corrected chi connectivity index (χ2v) is 10.2. The van der Waals surface area contributed by atoms with Gasteiger partial charge in [-0.05, 0) is 46.3 Å². The van der Waals surface area contributed by atoms with E-state index in [1.807, 2.05) is 13.8 Å². The van der Waals surface area contributed by atoms with Crippen LogP contribution in [0.2, 0.25) is 0 Å². The summed E-state index contributed by atoms with van der Waals surface area (Å²) in [4.78, 5) is 0. The monoisotopic (exact) mass is 505 g/mol. The fraction of sp³-hybridized carbons (Fsp3) is 1.00. The molecular weight excluding hydrogens is 458 g/mol.